The van der Waals surface area contributed by atoms with E-state index in [1.54, 1.807) is 13.2 Å². The highest BCUT2D eigenvalue weighted by Gasteiger charge is 2.23. The van der Waals surface area contributed by atoms with Crippen LogP contribution in [-0.4, -0.2) is 39.9 Å². The van der Waals surface area contributed by atoms with Crippen molar-refractivity contribution in [1.82, 2.24) is 0 Å². The Balaban J connectivity index is 2.15. The lowest BCUT2D eigenvalue weighted by Crippen LogP contribution is -2.36. The average Bonchev–Trinajstić information content (AvgIpc) is 2.47. The highest BCUT2D eigenvalue weighted by molar-refractivity contribution is 5.97. The molecule has 1 fully saturated rings. The lowest BCUT2D eigenvalue weighted by molar-refractivity contribution is 0.0601. The van der Waals surface area contributed by atoms with Crippen LogP contribution in [0.3, 0.4) is 0 Å². The lowest BCUT2D eigenvalue weighted by Gasteiger charge is -2.34. The molecule has 5 heteroatoms. The Kier molecular flexibility index (Phi) is 4.84. The molecule has 5 nitrogen and oxygen atoms in total. The van der Waals surface area contributed by atoms with E-state index in [-0.39, 0.29) is 5.97 Å². The molecule has 0 aliphatic carbocycles. The summed E-state index contributed by atoms with van der Waals surface area (Å²) in [6.07, 6.45) is 2.14. The molecular formula is C15H22N2O3. The van der Waals surface area contributed by atoms with Gasteiger partial charge in [-0.3, -0.25) is 0 Å². The second kappa shape index (κ2) is 6.61. The summed E-state index contributed by atoms with van der Waals surface area (Å²) in [4.78, 5) is 14.1. The minimum Gasteiger partial charge on any atom is -0.465 e. The molecule has 1 aromatic rings. The van der Waals surface area contributed by atoms with Crippen molar-refractivity contribution >= 4 is 17.3 Å². The molecule has 1 aromatic carbocycles. The van der Waals surface area contributed by atoms with Crippen molar-refractivity contribution in [2.75, 3.05) is 44.5 Å². The summed E-state index contributed by atoms with van der Waals surface area (Å²) in [6, 6.07) is 5.41. The number of nitrogens with zero attached hydrogens (tertiary/aromatic N) is 1. The van der Waals surface area contributed by atoms with Crippen LogP contribution in [0.4, 0.5) is 11.4 Å². The molecule has 0 atom stereocenters. The number of nitrogen functional groups attached to an aromatic ring is 1. The van der Waals surface area contributed by atoms with E-state index < -0.39 is 0 Å². The zero-order chi connectivity index (χ0) is 14.5. The van der Waals surface area contributed by atoms with Gasteiger partial charge in [0, 0.05) is 32.5 Å². The van der Waals surface area contributed by atoms with Crippen LogP contribution in [0.25, 0.3) is 0 Å². The molecule has 1 heterocycles. The number of esters is 1. The Morgan fingerprint density at radius 1 is 1.35 bits per heavy atom. The fourth-order valence-electron chi connectivity index (χ4n) is 2.68. The first kappa shape index (κ1) is 14.7. The molecule has 2 N–H and O–H groups in total. The van der Waals surface area contributed by atoms with Gasteiger partial charge in [0.25, 0.3) is 0 Å². The molecule has 110 valence electrons. The van der Waals surface area contributed by atoms with E-state index in [0.717, 1.165) is 38.2 Å². The molecule has 0 bridgehead atoms. The van der Waals surface area contributed by atoms with Gasteiger partial charge in [-0.1, -0.05) is 0 Å². The number of carbonyl (C=O) groups excluding carboxylic acids is 1. The van der Waals surface area contributed by atoms with Crippen molar-refractivity contribution < 1.29 is 14.3 Å². The Labute approximate surface area is 119 Å². The van der Waals surface area contributed by atoms with Gasteiger partial charge in [-0.25, -0.2) is 4.79 Å². The van der Waals surface area contributed by atoms with Gasteiger partial charge in [-0.05, 0) is 37.0 Å². The number of benzene rings is 1. The zero-order valence-electron chi connectivity index (χ0n) is 12.1. The lowest BCUT2D eigenvalue weighted by atomic mass is 9.96. The van der Waals surface area contributed by atoms with E-state index >= 15 is 0 Å². The number of rotatable bonds is 4. The first-order chi connectivity index (χ1) is 9.65. The third-order valence-electron chi connectivity index (χ3n) is 3.78. The standard InChI is InChI=1S/C15H22N2O3/c1-19-10-11-5-7-17(8-6-11)14-4-3-12(16)9-13(14)15(18)20-2/h3-4,9,11H,5-8,10,16H2,1-2H3. The van der Waals surface area contributed by atoms with Crippen LogP contribution in [0, 0.1) is 5.92 Å². The SMILES string of the molecule is COCC1CCN(c2ccc(N)cc2C(=O)OC)CC1. The minimum absolute atomic E-state index is 0.341. The number of carbonyl (C=O) groups is 1. The van der Waals surface area contributed by atoms with Crippen molar-refractivity contribution in [3.63, 3.8) is 0 Å². The average molecular weight is 278 g/mol. The van der Waals surface area contributed by atoms with E-state index in [2.05, 4.69) is 4.90 Å². The second-order valence-electron chi connectivity index (χ2n) is 5.15. The van der Waals surface area contributed by atoms with E-state index in [1.807, 2.05) is 12.1 Å². The number of piperidine rings is 1. The number of hydrogen-bond donors (Lipinski definition) is 1. The summed E-state index contributed by atoms with van der Waals surface area (Å²) in [6.45, 7) is 2.64. The molecule has 20 heavy (non-hydrogen) atoms. The van der Waals surface area contributed by atoms with Crippen LogP contribution >= 0.6 is 0 Å². The Morgan fingerprint density at radius 3 is 2.65 bits per heavy atom. The van der Waals surface area contributed by atoms with Gasteiger partial charge in [-0.15, -0.1) is 0 Å². The summed E-state index contributed by atoms with van der Waals surface area (Å²) in [7, 11) is 3.13. The molecule has 0 saturated carbocycles. The van der Waals surface area contributed by atoms with Gasteiger partial charge >= 0.3 is 5.97 Å². The van der Waals surface area contributed by atoms with Gasteiger partial charge in [-0.2, -0.15) is 0 Å². The summed E-state index contributed by atoms with van der Waals surface area (Å²) in [5.41, 5.74) is 7.79. The van der Waals surface area contributed by atoms with Crippen LogP contribution < -0.4 is 10.6 Å². The molecule has 1 saturated heterocycles. The van der Waals surface area contributed by atoms with Gasteiger partial charge in [0.1, 0.15) is 0 Å². The van der Waals surface area contributed by atoms with Crippen LogP contribution in [0.1, 0.15) is 23.2 Å². The normalized spacial score (nSPS) is 16.2. The van der Waals surface area contributed by atoms with E-state index in [0.29, 0.717) is 17.2 Å². The predicted molar refractivity (Wildman–Crippen MR) is 79.0 cm³/mol. The monoisotopic (exact) mass is 278 g/mol. The van der Waals surface area contributed by atoms with Crippen LogP contribution in [0.15, 0.2) is 18.2 Å². The van der Waals surface area contributed by atoms with Crippen LogP contribution in [0.2, 0.25) is 0 Å². The predicted octanol–water partition coefficient (Wildman–Crippen LogP) is 1.92. The van der Waals surface area contributed by atoms with Gasteiger partial charge in [0.05, 0.1) is 18.4 Å². The third-order valence-corrected chi connectivity index (χ3v) is 3.78. The van der Waals surface area contributed by atoms with Gasteiger partial charge in [0.15, 0.2) is 0 Å². The molecule has 0 amide bonds. The first-order valence-corrected chi connectivity index (χ1v) is 6.87. The highest BCUT2D eigenvalue weighted by Crippen LogP contribution is 2.28. The van der Waals surface area contributed by atoms with Crippen LogP contribution in [-0.2, 0) is 9.47 Å². The molecule has 0 unspecified atom stereocenters. The zero-order valence-corrected chi connectivity index (χ0v) is 12.1. The molecule has 0 aromatic heterocycles. The molecule has 0 spiro atoms. The molecule has 0 radical (unpaired) electrons. The van der Waals surface area contributed by atoms with Crippen LogP contribution in [0.5, 0.6) is 0 Å². The maximum atomic E-state index is 11.9. The Morgan fingerprint density at radius 2 is 2.05 bits per heavy atom. The number of anilines is 2. The quantitative estimate of drug-likeness (QED) is 0.673. The van der Waals surface area contributed by atoms with Crippen molar-refractivity contribution in [3.8, 4) is 0 Å². The number of methoxy groups -OCH3 is 2. The smallest absolute Gasteiger partial charge is 0.340 e. The molecular weight excluding hydrogens is 256 g/mol. The summed E-state index contributed by atoms with van der Waals surface area (Å²) >= 11 is 0. The summed E-state index contributed by atoms with van der Waals surface area (Å²) in [5.74, 6) is 0.262. The van der Waals surface area contributed by atoms with E-state index in [9.17, 15) is 4.79 Å². The molecule has 2 rings (SSSR count). The topological polar surface area (TPSA) is 64.8 Å². The van der Waals surface area contributed by atoms with Gasteiger partial charge < -0.3 is 20.1 Å². The van der Waals surface area contributed by atoms with E-state index in [4.69, 9.17) is 15.2 Å². The Bertz CT molecular complexity index is 468. The number of nitrogens with two attached hydrogens (primary N) is 1. The maximum absolute atomic E-state index is 11.9. The van der Waals surface area contributed by atoms with Crippen molar-refractivity contribution in [1.29, 1.82) is 0 Å². The molecule has 1 aliphatic heterocycles. The minimum atomic E-state index is -0.341. The van der Waals surface area contributed by atoms with Crippen molar-refractivity contribution in [2.24, 2.45) is 5.92 Å². The van der Waals surface area contributed by atoms with E-state index in [1.165, 1.54) is 7.11 Å². The Hall–Kier alpha value is -1.75. The van der Waals surface area contributed by atoms with Crippen molar-refractivity contribution in [3.05, 3.63) is 23.8 Å². The second-order valence-corrected chi connectivity index (χ2v) is 5.15. The first-order valence-electron chi connectivity index (χ1n) is 6.87. The summed E-state index contributed by atoms with van der Waals surface area (Å²) < 4.78 is 10.0. The largest absolute Gasteiger partial charge is 0.465 e. The highest BCUT2D eigenvalue weighted by atomic mass is 16.5. The summed E-state index contributed by atoms with van der Waals surface area (Å²) in [5, 5.41) is 0. The fraction of sp³-hybridized carbons (Fsp3) is 0.533. The molecule has 1 aliphatic rings. The number of ether oxygens (including phenoxy) is 2. The van der Waals surface area contributed by atoms with Crippen molar-refractivity contribution in [2.45, 2.75) is 12.8 Å². The maximum Gasteiger partial charge on any atom is 0.340 e. The third kappa shape index (κ3) is 3.22. The fourth-order valence-corrected chi connectivity index (χ4v) is 2.68. The van der Waals surface area contributed by atoms with Gasteiger partial charge in [0.2, 0.25) is 0 Å². The number of hydrogen-bond acceptors (Lipinski definition) is 5.